The van der Waals surface area contributed by atoms with Crippen LogP contribution >= 0.6 is 0 Å². The lowest BCUT2D eigenvalue weighted by atomic mass is 9.92. The lowest BCUT2D eigenvalue weighted by Gasteiger charge is -2.31. The van der Waals surface area contributed by atoms with Gasteiger partial charge in [-0.15, -0.1) is 0 Å². The molecule has 130 valence electrons. The van der Waals surface area contributed by atoms with Gasteiger partial charge in [-0.3, -0.25) is 10.1 Å². The Morgan fingerprint density at radius 2 is 1.60 bits per heavy atom. The lowest BCUT2D eigenvalue weighted by Crippen LogP contribution is -2.47. The highest BCUT2D eigenvalue weighted by Gasteiger charge is 2.56. The van der Waals surface area contributed by atoms with E-state index >= 15 is 0 Å². The number of ether oxygens (including phenoxy) is 1. The Balaban J connectivity index is 2.14. The van der Waals surface area contributed by atoms with E-state index < -0.39 is 27.5 Å². The van der Waals surface area contributed by atoms with Crippen molar-refractivity contribution in [1.29, 1.82) is 0 Å². The Hall–Kier alpha value is -2.87. The molecule has 0 aliphatic carbocycles. The molecule has 0 spiro atoms. The molecule has 8 heteroatoms. The lowest BCUT2D eigenvalue weighted by molar-refractivity contribution is -0.125. The van der Waals surface area contributed by atoms with Crippen molar-refractivity contribution < 1.29 is 22.7 Å². The molecule has 0 saturated carbocycles. The zero-order valence-electron chi connectivity index (χ0n) is 13.6. The minimum absolute atomic E-state index is 0.111. The summed E-state index contributed by atoms with van der Waals surface area (Å²) < 4.78 is 31.7. The minimum atomic E-state index is -4.26. The van der Waals surface area contributed by atoms with Crippen LogP contribution in [0.5, 0.6) is 5.75 Å². The second kappa shape index (κ2) is 5.89. The number of carbonyl (C=O) groups is 2. The maximum absolute atomic E-state index is 13.1. The number of methoxy groups -OCH3 is 1. The summed E-state index contributed by atoms with van der Waals surface area (Å²) >= 11 is 0. The Morgan fingerprint density at radius 3 is 2.16 bits per heavy atom. The van der Waals surface area contributed by atoms with Gasteiger partial charge in [-0.2, -0.15) is 4.31 Å². The van der Waals surface area contributed by atoms with Gasteiger partial charge in [0.25, 0.3) is 15.9 Å². The van der Waals surface area contributed by atoms with Crippen LogP contribution in [0.3, 0.4) is 0 Å². The van der Waals surface area contributed by atoms with Gasteiger partial charge >= 0.3 is 6.03 Å². The molecular weight excluding hydrogens is 344 g/mol. The van der Waals surface area contributed by atoms with Crippen LogP contribution in [0.25, 0.3) is 0 Å². The van der Waals surface area contributed by atoms with Gasteiger partial charge in [0.2, 0.25) is 0 Å². The van der Waals surface area contributed by atoms with Gasteiger partial charge in [-0.05, 0) is 36.8 Å². The first-order valence-corrected chi connectivity index (χ1v) is 8.86. The van der Waals surface area contributed by atoms with Crippen LogP contribution in [0.4, 0.5) is 4.79 Å². The standard InChI is InChI=1S/C17H16N2O5S/c1-17(12-6-4-3-5-7-12)15(20)18-16(21)19(17)25(22,23)14-10-8-13(24-2)9-11-14/h3-11H,1-2H3,(H,18,20,21)/t17-/m1/s1. The number of hydrogen-bond donors (Lipinski definition) is 1. The first-order valence-electron chi connectivity index (χ1n) is 7.42. The molecule has 0 bridgehead atoms. The number of rotatable bonds is 4. The molecule has 0 aromatic heterocycles. The van der Waals surface area contributed by atoms with Crippen LogP contribution in [0.15, 0.2) is 59.5 Å². The van der Waals surface area contributed by atoms with Gasteiger partial charge < -0.3 is 4.74 Å². The fraction of sp³-hybridized carbons (Fsp3) is 0.176. The van der Waals surface area contributed by atoms with E-state index in [0.29, 0.717) is 15.6 Å². The Bertz CT molecular complexity index is 925. The predicted molar refractivity (Wildman–Crippen MR) is 89.4 cm³/mol. The third-order valence-corrected chi connectivity index (χ3v) is 6.07. The van der Waals surface area contributed by atoms with E-state index in [2.05, 4.69) is 5.32 Å². The van der Waals surface area contributed by atoms with Crippen molar-refractivity contribution in [3.8, 4) is 5.75 Å². The van der Waals surface area contributed by atoms with Gasteiger partial charge in [-0.25, -0.2) is 13.2 Å². The quantitative estimate of drug-likeness (QED) is 0.840. The average molecular weight is 360 g/mol. The summed E-state index contributed by atoms with van der Waals surface area (Å²) in [5.41, 5.74) is -1.27. The molecule has 2 aromatic carbocycles. The summed E-state index contributed by atoms with van der Waals surface area (Å²) in [6.07, 6.45) is 0. The summed E-state index contributed by atoms with van der Waals surface area (Å²) in [6.45, 7) is 1.41. The van der Waals surface area contributed by atoms with E-state index in [9.17, 15) is 18.0 Å². The minimum Gasteiger partial charge on any atom is -0.497 e. The number of nitrogens with one attached hydrogen (secondary N) is 1. The summed E-state index contributed by atoms with van der Waals surface area (Å²) in [7, 11) is -2.80. The number of urea groups is 1. The molecule has 2 aromatic rings. The van der Waals surface area contributed by atoms with Crippen LogP contribution in [-0.4, -0.2) is 31.8 Å². The zero-order valence-corrected chi connectivity index (χ0v) is 14.4. The van der Waals surface area contributed by atoms with Gasteiger partial charge in [0.05, 0.1) is 12.0 Å². The number of imide groups is 1. The molecule has 1 fully saturated rings. The summed E-state index contributed by atoms with van der Waals surface area (Å²) in [6, 6.07) is 12.9. The van der Waals surface area contributed by atoms with Gasteiger partial charge in [0.15, 0.2) is 5.54 Å². The number of nitrogens with zero attached hydrogens (tertiary/aromatic N) is 1. The molecule has 1 atom stereocenters. The molecule has 1 aliphatic rings. The highest BCUT2D eigenvalue weighted by molar-refractivity contribution is 7.89. The second-order valence-corrected chi connectivity index (χ2v) is 7.43. The van der Waals surface area contributed by atoms with Crippen LogP contribution < -0.4 is 10.1 Å². The van der Waals surface area contributed by atoms with Gasteiger partial charge in [-0.1, -0.05) is 30.3 Å². The van der Waals surface area contributed by atoms with Crippen molar-refractivity contribution >= 4 is 22.0 Å². The van der Waals surface area contributed by atoms with Crippen LogP contribution in [0.1, 0.15) is 12.5 Å². The topological polar surface area (TPSA) is 92.8 Å². The smallest absolute Gasteiger partial charge is 0.339 e. The molecule has 1 aliphatic heterocycles. The molecule has 1 saturated heterocycles. The van der Waals surface area contributed by atoms with E-state index in [1.807, 2.05) is 0 Å². The van der Waals surface area contributed by atoms with Crippen molar-refractivity contribution in [3.63, 3.8) is 0 Å². The number of carbonyl (C=O) groups excluding carboxylic acids is 2. The number of benzene rings is 2. The summed E-state index contributed by atoms with van der Waals surface area (Å²) in [5.74, 6) is -0.215. The maximum Gasteiger partial charge on any atom is 0.339 e. The molecule has 25 heavy (non-hydrogen) atoms. The number of amides is 3. The van der Waals surface area contributed by atoms with E-state index in [-0.39, 0.29) is 4.90 Å². The molecule has 7 nitrogen and oxygen atoms in total. The van der Waals surface area contributed by atoms with E-state index in [1.54, 1.807) is 30.3 Å². The van der Waals surface area contributed by atoms with Crippen LogP contribution in [0, 0.1) is 0 Å². The average Bonchev–Trinajstić information content (AvgIpc) is 2.86. The fourth-order valence-corrected chi connectivity index (χ4v) is 4.40. The first-order chi connectivity index (χ1) is 11.8. The van der Waals surface area contributed by atoms with Crippen molar-refractivity contribution in [1.82, 2.24) is 9.62 Å². The van der Waals surface area contributed by atoms with Crippen molar-refractivity contribution in [2.75, 3.05) is 7.11 Å². The third-order valence-electron chi connectivity index (χ3n) is 4.19. The second-order valence-electron chi connectivity index (χ2n) is 5.64. The van der Waals surface area contributed by atoms with Crippen LogP contribution in [-0.2, 0) is 20.4 Å². The van der Waals surface area contributed by atoms with Gasteiger partial charge in [0, 0.05) is 0 Å². The molecule has 1 heterocycles. The van der Waals surface area contributed by atoms with E-state index in [1.165, 1.54) is 38.3 Å². The summed E-state index contributed by atoms with van der Waals surface area (Å²) in [5, 5.41) is 2.10. The number of hydrogen-bond acceptors (Lipinski definition) is 5. The molecule has 0 radical (unpaired) electrons. The molecule has 0 unspecified atom stereocenters. The van der Waals surface area contributed by atoms with Gasteiger partial charge in [0.1, 0.15) is 5.75 Å². The zero-order chi connectivity index (χ0) is 18.2. The summed E-state index contributed by atoms with van der Waals surface area (Å²) in [4.78, 5) is 24.6. The highest BCUT2D eigenvalue weighted by atomic mass is 32.2. The SMILES string of the molecule is COc1ccc(S(=O)(=O)N2C(=O)NC(=O)[C@@]2(C)c2ccccc2)cc1. The van der Waals surface area contributed by atoms with Crippen LogP contribution in [0.2, 0.25) is 0 Å². The largest absolute Gasteiger partial charge is 0.497 e. The normalized spacial score (nSPS) is 20.5. The Labute approximate surface area is 145 Å². The highest BCUT2D eigenvalue weighted by Crippen LogP contribution is 2.37. The molecule has 1 N–H and O–H groups in total. The Morgan fingerprint density at radius 1 is 1.00 bits per heavy atom. The molecule has 3 rings (SSSR count). The first kappa shape index (κ1) is 17.0. The molecule has 3 amide bonds. The van der Waals surface area contributed by atoms with E-state index in [4.69, 9.17) is 4.74 Å². The maximum atomic E-state index is 13.1. The number of sulfonamides is 1. The van der Waals surface area contributed by atoms with Crippen molar-refractivity contribution in [2.24, 2.45) is 0 Å². The predicted octanol–water partition coefficient (Wildman–Crippen LogP) is 1.85. The van der Waals surface area contributed by atoms with Crippen molar-refractivity contribution in [3.05, 3.63) is 60.2 Å². The third kappa shape index (κ3) is 2.54. The Kier molecular flexibility index (Phi) is 4.00. The monoisotopic (exact) mass is 360 g/mol. The fourth-order valence-electron chi connectivity index (χ4n) is 2.78. The molecular formula is C17H16N2O5S. The van der Waals surface area contributed by atoms with Crippen molar-refractivity contribution in [2.45, 2.75) is 17.4 Å². The van der Waals surface area contributed by atoms with E-state index in [0.717, 1.165) is 0 Å².